The summed E-state index contributed by atoms with van der Waals surface area (Å²) >= 11 is 0. The van der Waals surface area contributed by atoms with Gasteiger partial charge in [0.25, 0.3) is 0 Å². The number of hydrogen-bond donors (Lipinski definition) is 0. The Morgan fingerprint density at radius 2 is 1.97 bits per heavy atom. The van der Waals surface area contributed by atoms with Gasteiger partial charge < -0.3 is 28.4 Å². The second kappa shape index (κ2) is 7.61. The van der Waals surface area contributed by atoms with E-state index in [4.69, 9.17) is 28.4 Å². The zero-order valence-corrected chi connectivity index (χ0v) is 20.1. The van der Waals surface area contributed by atoms with E-state index in [9.17, 15) is 4.79 Å². The molecule has 1 aromatic carbocycles. The van der Waals surface area contributed by atoms with Crippen LogP contribution >= 0.6 is 0 Å². The Kier molecular flexibility index (Phi) is 4.68. The van der Waals surface area contributed by atoms with Crippen LogP contribution in [0.25, 0.3) is 6.08 Å². The van der Waals surface area contributed by atoms with Crippen molar-refractivity contribution in [3.8, 4) is 11.5 Å². The molecule has 0 N–H and O–H groups in total. The van der Waals surface area contributed by atoms with Crippen molar-refractivity contribution in [1.29, 1.82) is 0 Å². The molecule has 7 nitrogen and oxygen atoms in total. The van der Waals surface area contributed by atoms with Crippen LogP contribution in [0.15, 0.2) is 47.4 Å². The van der Waals surface area contributed by atoms with Gasteiger partial charge in [0.05, 0.1) is 24.0 Å². The minimum Gasteiger partial charge on any atom is -0.490 e. The second-order valence-electron chi connectivity index (χ2n) is 11.1. The second-order valence-corrected chi connectivity index (χ2v) is 11.1. The number of benzene rings is 1. The largest absolute Gasteiger partial charge is 0.490 e. The fourth-order valence-corrected chi connectivity index (χ4v) is 7.44. The first-order valence-corrected chi connectivity index (χ1v) is 12.6. The Labute approximate surface area is 204 Å². The summed E-state index contributed by atoms with van der Waals surface area (Å²) in [6.45, 7) is 6.10. The van der Waals surface area contributed by atoms with Gasteiger partial charge in [-0.3, -0.25) is 0 Å². The molecule has 3 fully saturated rings. The van der Waals surface area contributed by atoms with Crippen LogP contribution in [0.1, 0.15) is 45.1 Å². The van der Waals surface area contributed by atoms with Gasteiger partial charge in [-0.2, -0.15) is 0 Å². The summed E-state index contributed by atoms with van der Waals surface area (Å²) in [7, 11) is 0. The topological polar surface area (TPSA) is 72.5 Å². The lowest BCUT2D eigenvalue weighted by Gasteiger charge is -2.59. The Hall–Kier alpha value is -2.77. The molecule has 0 radical (unpaired) electrons. The molecule has 6 aliphatic rings. The lowest BCUT2D eigenvalue weighted by molar-refractivity contribution is -0.257. The molecule has 7 heteroatoms. The minimum atomic E-state index is -0.326. The maximum absolute atomic E-state index is 12.8. The molecule has 7 rings (SSSR count). The number of carbonyl (C=O) groups is 1. The van der Waals surface area contributed by atoms with Crippen LogP contribution in [0, 0.1) is 22.7 Å². The average Bonchev–Trinajstić information content (AvgIpc) is 3.56. The van der Waals surface area contributed by atoms with Crippen LogP contribution in [-0.4, -0.2) is 38.4 Å². The van der Waals surface area contributed by atoms with Crippen molar-refractivity contribution in [3.05, 3.63) is 53.0 Å². The molecule has 0 spiro atoms. The van der Waals surface area contributed by atoms with E-state index in [1.54, 1.807) is 0 Å². The summed E-state index contributed by atoms with van der Waals surface area (Å²) in [6.07, 6.45) is 9.76. The van der Waals surface area contributed by atoms with Crippen molar-refractivity contribution >= 4 is 12.0 Å². The first kappa shape index (κ1) is 21.5. The van der Waals surface area contributed by atoms with Crippen molar-refractivity contribution in [2.45, 2.75) is 51.7 Å². The number of rotatable bonds is 2. The van der Waals surface area contributed by atoms with Crippen molar-refractivity contribution < 1.29 is 33.2 Å². The highest BCUT2D eigenvalue weighted by Crippen LogP contribution is 2.64. The summed E-state index contributed by atoms with van der Waals surface area (Å²) in [5, 5.41) is 0. The third kappa shape index (κ3) is 3.21. The van der Waals surface area contributed by atoms with Gasteiger partial charge in [0.1, 0.15) is 18.7 Å². The number of cyclic esters (lactones) is 1. The summed E-state index contributed by atoms with van der Waals surface area (Å²) in [5.41, 5.74) is 1.56. The molecule has 4 aliphatic heterocycles. The number of esters is 1. The Morgan fingerprint density at radius 1 is 1.09 bits per heavy atom. The first-order valence-electron chi connectivity index (χ1n) is 12.6. The van der Waals surface area contributed by atoms with Gasteiger partial charge in [-0.1, -0.05) is 19.9 Å². The predicted octanol–water partition coefficient (Wildman–Crippen LogP) is 4.73. The zero-order chi connectivity index (χ0) is 23.8. The first-order chi connectivity index (χ1) is 16.9. The van der Waals surface area contributed by atoms with E-state index in [0.29, 0.717) is 29.8 Å². The van der Waals surface area contributed by atoms with E-state index < -0.39 is 0 Å². The lowest BCUT2D eigenvalue weighted by atomic mass is 9.48. The molecule has 4 heterocycles. The quantitative estimate of drug-likeness (QED) is 0.569. The normalized spacial score (nSPS) is 40.3. The molecule has 0 aromatic heterocycles. The van der Waals surface area contributed by atoms with Gasteiger partial charge in [0.2, 0.25) is 6.79 Å². The van der Waals surface area contributed by atoms with Crippen LogP contribution in [0.5, 0.6) is 11.5 Å². The molecule has 1 saturated carbocycles. The van der Waals surface area contributed by atoms with E-state index in [2.05, 4.69) is 19.9 Å². The van der Waals surface area contributed by atoms with E-state index in [-0.39, 0.29) is 41.7 Å². The third-order valence-electron chi connectivity index (χ3n) is 9.26. The SMILES string of the molecule is C[C@@]12COCO[C@@H]1CC[C@]1(C)[C@@H]2CC=C2OC(C3=C/C(=C/c4ccc5c(c4)OCO5)OC3=O)C[C@H]21. The smallest absolute Gasteiger partial charge is 0.343 e. The standard InChI is InChI=1S/C28H30O7/c1-27-8-7-25-28(2,13-30-14-33-25)24(27)6-5-20-19(27)12-22(35-20)18-11-17(34-26(18)29)9-16-3-4-21-23(10-16)32-15-31-21/h3-5,9-11,19,22,24-25H,6-8,12-15H2,1-2H3/b17-9-/t19-,22?,24+,25-,27+,28+/m1/s1. The maximum Gasteiger partial charge on any atom is 0.343 e. The Bertz CT molecular complexity index is 1180. The predicted molar refractivity (Wildman–Crippen MR) is 125 cm³/mol. The lowest BCUT2D eigenvalue weighted by Crippen LogP contribution is -2.59. The summed E-state index contributed by atoms with van der Waals surface area (Å²) in [4.78, 5) is 12.8. The van der Waals surface area contributed by atoms with Gasteiger partial charge in [0.15, 0.2) is 11.5 Å². The van der Waals surface area contributed by atoms with Gasteiger partial charge >= 0.3 is 5.97 Å². The maximum atomic E-state index is 12.8. The number of allylic oxidation sites excluding steroid dienone is 3. The number of hydrogen-bond acceptors (Lipinski definition) is 7. The third-order valence-corrected chi connectivity index (χ3v) is 9.26. The van der Waals surface area contributed by atoms with Gasteiger partial charge in [-0.15, -0.1) is 0 Å². The van der Waals surface area contributed by atoms with Crippen molar-refractivity contribution in [2.75, 3.05) is 20.2 Å². The fourth-order valence-electron chi connectivity index (χ4n) is 7.44. The van der Waals surface area contributed by atoms with Crippen molar-refractivity contribution in [1.82, 2.24) is 0 Å². The molecule has 1 unspecified atom stereocenters. The van der Waals surface area contributed by atoms with Crippen LogP contribution in [0.3, 0.4) is 0 Å². The molecule has 1 aromatic rings. The molecule has 2 aliphatic carbocycles. The van der Waals surface area contributed by atoms with E-state index in [0.717, 1.165) is 49.4 Å². The van der Waals surface area contributed by atoms with Crippen LogP contribution in [-0.2, 0) is 23.7 Å². The minimum absolute atomic E-state index is 0.00253. The van der Waals surface area contributed by atoms with Crippen LogP contribution < -0.4 is 9.47 Å². The van der Waals surface area contributed by atoms with E-state index in [1.165, 1.54) is 0 Å². The Morgan fingerprint density at radius 3 is 2.89 bits per heavy atom. The van der Waals surface area contributed by atoms with E-state index in [1.807, 2.05) is 30.4 Å². The van der Waals surface area contributed by atoms with Gasteiger partial charge in [-0.25, -0.2) is 4.79 Å². The Balaban J connectivity index is 1.14. The molecule has 35 heavy (non-hydrogen) atoms. The molecule has 2 saturated heterocycles. The van der Waals surface area contributed by atoms with Gasteiger partial charge in [-0.05, 0) is 72.9 Å². The average molecular weight is 479 g/mol. The van der Waals surface area contributed by atoms with Crippen LogP contribution in [0.4, 0.5) is 0 Å². The highest BCUT2D eigenvalue weighted by molar-refractivity contribution is 5.95. The highest BCUT2D eigenvalue weighted by atomic mass is 16.7. The number of fused-ring (bicyclic) bond motifs is 6. The summed E-state index contributed by atoms with van der Waals surface area (Å²) < 4.78 is 34.7. The molecular formula is C28H30O7. The molecule has 0 bridgehead atoms. The van der Waals surface area contributed by atoms with Crippen molar-refractivity contribution in [3.63, 3.8) is 0 Å². The molecule has 184 valence electrons. The number of carbonyl (C=O) groups excluding carboxylic acids is 1. The number of ether oxygens (including phenoxy) is 6. The zero-order valence-electron chi connectivity index (χ0n) is 20.1. The monoisotopic (exact) mass is 478 g/mol. The van der Waals surface area contributed by atoms with Crippen LogP contribution in [0.2, 0.25) is 0 Å². The van der Waals surface area contributed by atoms with Crippen molar-refractivity contribution in [2.24, 2.45) is 22.7 Å². The molecular weight excluding hydrogens is 448 g/mol. The summed E-state index contributed by atoms with van der Waals surface area (Å²) in [6, 6.07) is 5.67. The highest BCUT2D eigenvalue weighted by Gasteiger charge is 2.61. The van der Waals surface area contributed by atoms with Gasteiger partial charge in [0, 0.05) is 11.3 Å². The fraction of sp³-hybridized carbons (Fsp3) is 0.536. The summed E-state index contributed by atoms with van der Waals surface area (Å²) in [5.74, 6) is 3.39. The molecule has 0 amide bonds. The molecule has 6 atom stereocenters. The van der Waals surface area contributed by atoms with E-state index >= 15 is 0 Å².